The number of ether oxygens (including phenoxy) is 6. The third-order valence-electron chi connectivity index (χ3n) is 7.26. The summed E-state index contributed by atoms with van der Waals surface area (Å²) >= 11 is 0. The topological polar surface area (TPSA) is 94.0 Å². The Morgan fingerprint density at radius 2 is 1.66 bits per heavy atom. The first-order valence-electron chi connectivity index (χ1n) is 12.3. The van der Waals surface area contributed by atoms with Crippen LogP contribution in [-0.4, -0.2) is 46.4 Å². The molecule has 3 aromatic rings. The molecule has 0 saturated carbocycles. The Labute approximate surface area is 219 Å². The quantitative estimate of drug-likeness (QED) is 0.429. The normalized spacial score (nSPS) is 20.5. The van der Waals surface area contributed by atoms with E-state index >= 15 is 0 Å². The lowest BCUT2D eigenvalue weighted by Crippen LogP contribution is -2.41. The highest BCUT2D eigenvalue weighted by Crippen LogP contribution is 2.52. The molecule has 3 atom stereocenters. The van der Waals surface area contributed by atoms with E-state index in [4.69, 9.17) is 33.3 Å². The predicted octanol–water partition coefficient (Wildman–Crippen LogP) is 4.30. The van der Waals surface area contributed by atoms with Crippen molar-refractivity contribution in [3.8, 4) is 28.7 Å². The molecule has 1 aliphatic carbocycles. The Morgan fingerprint density at radius 1 is 0.947 bits per heavy atom. The molecule has 2 aliphatic heterocycles. The average molecular weight is 518 g/mol. The lowest BCUT2D eigenvalue weighted by molar-refractivity contribution is -0.152. The van der Waals surface area contributed by atoms with E-state index in [9.17, 15) is 4.79 Å². The highest BCUT2D eigenvalue weighted by Gasteiger charge is 2.50. The van der Waals surface area contributed by atoms with Gasteiger partial charge in [-0.15, -0.1) is 0 Å². The molecule has 0 fully saturated rings. The smallest absolute Gasteiger partial charge is 0.311 e. The van der Waals surface area contributed by atoms with Crippen molar-refractivity contribution in [3.05, 3.63) is 76.9 Å². The van der Waals surface area contributed by atoms with Gasteiger partial charge in [-0.1, -0.05) is 35.5 Å². The number of fused-ring (bicyclic) bond motifs is 4. The van der Waals surface area contributed by atoms with Gasteiger partial charge >= 0.3 is 5.97 Å². The van der Waals surface area contributed by atoms with Crippen LogP contribution < -0.4 is 23.7 Å². The van der Waals surface area contributed by atoms with Crippen LogP contribution in [0, 0.1) is 11.8 Å². The summed E-state index contributed by atoms with van der Waals surface area (Å²) in [6, 6.07) is 17.2. The molecule has 0 unspecified atom stereocenters. The largest absolute Gasteiger partial charge is 0.493 e. The highest BCUT2D eigenvalue weighted by molar-refractivity contribution is 6.08. The number of carbonyl (C=O) groups is 1. The number of hydrogen-bond acceptors (Lipinski definition) is 9. The molecule has 3 aliphatic rings. The first kappa shape index (κ1) is 24.0. The number of esters is 1. The van der Waals surface area contributed by atoms with Gasteiger partial charge in [-0.05, 0) is 41.0 Å². The van der Waals surface area contributed by atoms with E-state index in [1.165, 1.54) is 0 Å². The lowest BCUT2D eigenvalue weighted by Gasteiger charge is -2.36. The van der Waals surface area contributed by atoms with Gasteiger partial charge < -0.3 is 33.3 Å². The van der Waals surface area contributed by atoms with E-state index in [2.05, 4.69) is 5.16 Å². The molecule has 0 saturated heterocycles. The minimum Gasteiger partial charge on any atom is -0.493 e. The molecule has 2 heterocycles. The Kier molecular flexibility index (Phi) is 6.19. The summed E-state index contributed by atoms with van der Waals surface area (Å²) in [5.41, 5.74) is 4.10. The number of rotatable bonds is 7. The second kappa shape index (κ2) is 9.81. The van der Waals surface area contributed by atoms with E-state index in [1.54, 1.807) is 21.3 Å². The first-order chi connectivity index (χ1) is 18.6. The summed E-state index contributed by atoms with van der Waals surface area (Å²) in [4.78, 5) is 19.5. The number of nitrogens with zero attached hydrogens (tertiary/aromatic N) is 1. The summed E-state index contributed by atoms with van der Waals surface area (Å²) in [5, 5.41) is 4.34. The van der Waals surface area contributed by atoms with E-state index < -0.39 is 11.8 Å². The molecule has 0 spiro atoms. The van der Waals surface area contributed by atoms with Crippen LogP contribution in [0.5, 0.6) is 28.7 Å². The number of hydrogen-bond donors (Lipinski definition) is 0. The van der Waals surface area contributed by atoms with Crippen LogP contribution in [0.25, 0.3) is 0 Å². The zero-order chi connectivity index (χ0) is 26.2. The molecule has 0 bridgehead atoms. The number of carbonyl (C=O) groups excluding carboxylic acids is 1. The van der Waals surface area contributed by atoms with Gasteiger partial charge in [0.05, 0.1) is 38.9 Å². The summed E-state index contributed by atoms with van der Waals surface area (Å²) in [7, 11) is 4.68. The van der Waals surface area contributed by atoms with Crippen molar-refractivity contribution < 1.29 is 38.1 Å². The average Bonchev–Trinajstić information content (AvgIpc) is 3.63. The van der Waals surface area contributed by atoms with Gasteiger partial charge in [0.15, 0.2) is 23.0 Å². The summed E-state index contributed by atoms with van der Waals surface area (Å²) in [6.45, 7) is 0.545. The molecular weight excluding hydrogens is 490 g/mol. The van der Waals surface area contributed by atoms with Crippen LogP contribution in [0.2, 0.25) is 0 Å². The Morgan fingerprint density at radius 3 is 2.34 bits per heavy atom. The number of oxime groups is 1. The monoisotopic (exact) mass is 517 g/mol. The zero-order valence-electron chi connectivity index (χ0n) is 21.3. The minimum atomic E-state index is -0.629. The van der Waals surface area contributed by atoms with Crippen LogP contribution in [0.4, 0.5) is 0 Å². The third kappa shape index (κ3) is 3.95. The maximum atomic E-state index is 13.9. The number of methoxy groups -OCH3 is 3. The predicted molar refractivity (Wildman–Crippen MR) is 136 cm³/mol. The van der Waals surface area contributed by atoms with Crippen molar-refractivity contribution in [1.29, 1.82) is 0 Å². The standard InChI is InChI=1S/C29H27NO8/c1-32-23-9-17(10-24(33-2)28(23)34-3)25-18-11-21-22(37-15-36-21)12-19(18)27-20(14-38-30-27)26(25)29(31)35-13-16-7-5-4-6-8-16/h4-12,20,25-26H,13-15H2,1-3H3/t20-,25+,26-/m0/s1. The fraction of sp³-hybridized carbons (Fsp3) is 0.310. The molecule has 0 aromatic heterocycles. The van der Waals surface area contributed by atoms with Gasteiger partial charge in [-0.3, -0.25) is 4.79 Å². The molecule has 0 N–H and O–H groups in total. The van der Waals surface area contributed by atoms with Gasteiger partial charge in [0.1, 0.15) is 13.2 Å². The SMILES string of the molecule is COc1cc([C@@H]2c3cc4c(cc3C3=NOC[C@H]3[C@@H]2C(=O)OCc2ccccc2)OCO4)cc(OC)c1OC. The van der Waals surface area contributed by atoms with Gasteiger partial charge in [0, 0.05) is 11.5 Å². The second-order valence-electron chi connectivity index (χ2n) is 9.23. The second-order valence-corrected chi connectivity index (χ2v) is 9.23. The van der Waals surface area contributed by atoms with Crippen LogP contribution in [0.15, 0.2) is 59.8 Å². The third-order valence-corrected chi connectivity index (χ3v) is 7.26. The molecular formula is C29H27NO8. The van der Waals surface area contributed by atoms with Crippen molar-refractivity contribution >= 4 is 11.7 Å². The van der Waals surface area contributed by atoms with Crippen molar-refractivity contribution in [2.24, 2.45) is 17.0 Å². The highest BCUT2D eigenvalue weighted by atomic mass is 16.7. The Balaban J connectivity index is 1.50. The van der Waals surface area contributed by atoms with Gasteiger partial charge in [0.25, 0.3) is 0 Å². The Bertz CT molecular complexity index is 1380. The molecule has 0 amide bonds. The van der Waals surface area contributed by atoms with E-state index in [-0.39, 0.29) is 31.9 Å². The minimum absolute atomic E-state index is 0.127. The first-order valence-corrected chi connectivity index (χ1v) is 12.3. The summed E-state index contributed by atoms with van der Waals surface area (Å²) < 4.78 is 34.1. The van der Waals surface area contributed by atoms with Crippen molar-refractivity contribution in [2.45, 2.75) is 12.5 Å². The van der Waals surface area contributed by atoms with Gasteiger partial charge in [-0.25, -0.2) is 0 Å². The maximum Gasteiger partial charge on any atom is 0.311 e. The van der Waals surface area contributed by atoms with Crippen LogP contribution in [0.3, 0.4) is 0 Å². The van der Waals surface area contributed by atoms with Crippen molar-refractivity contribution in [2.75, 3.05) is 34.7 Å². The fourth-order valence-corrected chi connectivity index (χ4v) is 5.51. The maximum absolute atomic E-state index is 13.9. The van der Waals surface area contributed by atoms with Crippen LogP contribution in [-0.2, 0) is 21.0 Å². The zero-order valence-corrected chi connectivity index (χ0v) is 21.3. The van der Waals surface area contributed by atoms with E-state index in [1.807, 2.05) is 54.6 Å². The van der Waals surface area contributed by atoms with Gasteiger partial charge in [0.2, 0.25) is 12.5 Å². The lowest BCUT2D eigenvalue weighted by atomic mass is 9.65. The van der Waals surface area contributed by atoms with Crippen molar-refractivity contribution in [1.82, 2.24) is 0 Å². The Hall–Kier alpha value is -4.40. The van der Waals surface area contributed by atoms with Crippen LogP contribution in [0.1, 0.15) is 28.2 Å². The molecule has 9 heteroatoms. The fourth-order valence-electron chi connectivity index (χ4n) is 5.51. The summed E-state index contributed by atoms with van der Waals surface area (Å²) in [5.74, 6) is 0.939. The molecule has 0 radical (unpaired) electrons. The molecule has 6 rings (SSSR count). The molecule has 38 heavy (non-hydrogen) atoms. The molecule has 9 nitrogen and oxygen atoms in total. The van der Waals surface area contributed by atoms with E-state index in [0.29, 0.717) is 34.5 Å². The van der Waals surface area contributed by atoms with Crippen molar-refractivity contribution in [3.63, 3.8) is 0 Å². The molecule has 3 aromatic carbocycles. The van der Waals surface area contributed by atoms with E-state index in [0.717, 1.165) is 22.3 Å². The van der Waals surface area contributed by atoms with Gasteiger partial charge in [-0.2, -0.15) is 0 Å². The number of benzene rings is 3. The summed E-state index contributed by atoms with van der Waals surface area (Å²) in [6.07, 6.45) is 0. The van der Waals surface area contributed by atoms with Crippen LogP contribution >= 0.6 is 0 Å². The molecule has 196 valence electrons.